The number of ether oxygens (including phenoxy) is 1. The number of rotatable bonds is 3. The van der Waals surface area contributed by atoms with E-state index in [2.05, 4.69) is 53.1 Å². The maximum Gasteiger partial charge on any atom is 0.141 e. The van der Waals surface area contributed by atoms with Gasteiger partial charge in [-0.2, -0.15) is 0 Å². The molecule has 4 aromatic rings. The van der Waals surface area contributed by atoms with Crippen LogP contribution in [-0.2, 0) is 0 Å². The van der Waals surface area contributed by atoms with Gasteiger partial charge in [0, 0.05) is 17.0 Å². The molecule has 0 saturated heterocycles. The maximum absolute atomic E-state index is 5.34. The summed E-state index contributed by atoms with van der Waals surface area (Å²) < 4.78 is 7.84. The Morgan fingerprint density at radius 2 is 1.64 bits per heavy atom. The summed E-state index contributed by atoms with van der Waals surface area (Å²) in [7, 11) is 1.71. The van der Waals surface area contributed by atoms with Gasteiger partial charge in [-0.05, 0) is 48.6 Å². The monoisotopic (exact) mass is 392 g/mol. The molecule has 1 aliphatic rings. The van der Waals surface area contributed by atoms with Crippen LogP contribution in [0.5, 0.6) is 5.75 Å². The van der Waals surface area contributed by atoms with Crippen LogP contribution in [0.15, 0.2) is 60.7 Å². The normalized spacial score (nSPS) is 14.9. The van der Waals surface area contributed by atoms with E-state index in [9.17, 15) is 0 Å². The fraction of sp³-hybridized carbons (Fsp3) is 0.292. The molecule has 3 nitrogen and oxygen atoms in total. The molecule has 0 bridgehead atoms. The number of benzene rings is 3. The Morgan fingerprint density at radius 3 is 2.39 bits per heavy atom. The van der Waals surface area contributed by atoms with Gasteiger partial charge in [0.25, 0.3) is 0 Å². The van der Waals surface area contributed by atoms with Crippen LogP contribution < -0.4 is 4.74 Å². The molecule has 4 heteroatoms. The Labute approximate surface area is 171 Å². The molecular formula is C24H25ClN2O. The summed E-state index contributed by atoms with van der Waals surface area (Å²) in [4.78, 5) is 5.16. The molecule has 1 aliphatic carbocycles. The number of imidazole rings is 1. The molecule has 0 aliphatic heterocycles. The van der Waals surface area contributed by atoms with Crippen LogP contribution in [0.1, 0.15) is 38.1 Å². The maximum atomic E-state index is 5.34. The van der Waals surface area contributed by atoms with E-state index in [1.807, 2.05) is 12.1 Å². The van der Waals surface area contributed by atoms with Crippen LogP contribution in [0.4, 0.5) is 0 Å². The Bertz CT molecular complexity index is 1090. The Kier molecular flexibility index (Phi) is 5.27. The molecule has 144 valence electrons. The fourth-order valence-corrected chi connectivity index (χ4v) is 4.48. The number of methoxy groups -OCH3 is 1. The average Bonchev–Trinajstić information content (AvgIpc) is 3.14. The largest absolute Gasteiger partial charge is 0.497 e. The van der Waals surface area contributed by atoms with Crippen LogP contribution in [-0.4, -0.2) is 16.7 Å². The summed E-state index contributed by atoms with van der Waals surface area (Å²) >= 11 is 0. The summed E-state index contributed by atoms with van der Waals surface area (Å²) in [6.07, 6.45) is 6.44. The fourth-order valence-electron chi connectivity index (χ4n) is 4.48. The van der Waals surface area contributed by atoms with Gasteiger partial charge in [0.1, 0.15) is 11.6 Å². The predicted octanol–water partition coefficient (Wildman–Crippen LogP) is 6.79. The second-order valence-corrected chi connectivity index (χ2v) is 7.48. The van der Waals surface area contributed by atoms with E-state index < -0.39 is 0 Å². The number of fused-ring (bicyclic) bond motifs is 3. The lowest BCUT2D eigenvalue weighted by Crippen LogP contribution is -2.13. The van der Waals surface area contributed by atoms with Gasteiger partial charge in [-0.3, -0.25) is 0 Å². The standard InChI is InChI=1S/C24H24N2O.ClH/c1-27-20-14-11-18(12-15-20)24-25-23-21-10-6-5-7-17(21)13-16-22(23)26(24)19-8-3-2-4-9-19;/h5-7,10-16,19H,2-4,8-9H2,1H3;1H. The Hall–Kier alpha value is -2.52. The summed E-state index contributed by atoms with van der Waals surface area (Å²) in [5.74, 6) is 1.96. The van der Waals surface area contributed by atoms with E-state index in [0.29, 0.717) is 6.04 Å². The highest BCUT2D eigenvalue weighted by molar-refractivity contribution is 6.05. The highest BCUT2D eigenvalue weighted by atomic mass is 35.5. The van der Waals surface area contributed by atoms with Gasteiger partial charge >= 0.3 is 0 Å². The van der Waals surface area contributed by atoms with Crippen LogP contribution in [0, 0.1) is 0 Å². The lowest BCUT2D eigenvalue weighted by atomic mass is 9.94. The first kappa shape index (κ1) is 18.8. The molecule has 0 amide bonds. The average molecular weight is 393 g/mol. The topological polar surface area (TPSA) is 27.1 Å². The smallest absolute Gasteiger partial charge is 0.141 e. The summed E-state index contributed by atoms with van der Waals surface area (Å²) in [5, 5.41) is 2.49. The van der Waals surface area contributed by atoms with Gasteiger partial charge in [-0.15, -0.1) is 12.4 Å². The highest BCUT2D eigenvalue weighted by Gasteiger charge is 2.23. The third-order valence-corrected chi connectivity index (χ3v) is 5.87. The minimum Gasteiger partial charge on any atom is -0.497 e. The number of halogens is 1. The first-order chi connectivity index (χ1) is 13.3. The van der Waals surface area contributed by atoms with Crippen molar-refractivity contribution < 1.29 is 4.74 Å². The zero-order chi connectivity index (χ0) is 18.2. The second kappa shape index (κ2) is 7.84. The first-order valence-corrected chi connectivity index (χ1v) is 9.89. The molecule has 1 saturated carbocycles. The molecule has 0 atom stereocenters. The number of hydrogen-bond donors (Lipinski definition) is 0. The zero-order valence-corrected chi connectivity index (χ0v) is 16.9. The molecular weight excluding hydrogens is 368 g/mol. The van der Waals surface area contributed by atoms with Crippen molar-refractivity contribution >= 4 is 34.2 Å². The van der Waals surface area contributed by atoms with Crippen molar-refractivity contribution in [3.63, 3.8) is 0 Å². The molecule has 0 radical (unpaired) electrons. The first-order valence-electron chi connectivity index (χ1n) is 9.89. The number of aromatic nitrogens is 2. The number of hydrogen-bond acceptors (Lipinski definition) is 2. The van der Waals surface area contributed by atoms with E-state index in [4.69, 9.17) is 9.72 Å². The van der Waals surface area contributed by atoms with Crippen LogP contribution in [0.3, 0.4) is 0 Å². The van der Waals surface area contributed by atoms with E-state index >= 15 is 0 Å². The molecule has 0 spiro atoms. The third kappa shape index (κ3) is 3.14. The van der Waals surface area contributed by atoms with Crippen molar-refractivity contribution in [1.29, 1.82) is 0 Å². The van der Waals surface area contributed by atoms with Crippen LogP contribution >= 0.6 is 12.4 Å². The van der Waals surface area contributed by atoms with Crippen molar-refractivity contribution in [3.05, 3.63) is 60.7 Å². The van der Waals surface area contributed by atoms with Gasteiger partial charge in [0.15, 0.2) is 0 Å². The molecule has 5 rings (SSSR count). The van der Waals surface area contributed by atoms with Gasteiger partial charge in [-0.1, -0.05) is 49.6 Å². The van der Waals surface area contributed by atoms with Gasteiger partial charge in [-0.25, -0.2) is 4.98 Å². The SMILES string of the molecule is COc1ccc(-c2nc3c4ccccc4ccc3n2C2CCCCC2)cc1.Cl. The van der Waals surface area contributed by atoms with Crippen LogP contribution in [0.2, 0.25) is 0 Å². The molecule has 28 heavy (non-hydrogen) atoms. The second-order valence-electron chi connectivity index (χ2n) is 7.48. The summed E-state index contributed by atoms with van der Waals surface area (Å²) in [6, 6.07) is 21.9. The van der Waals surface area contributed by atoms with Crippen molar-refractivity contribution in [3.8, 4) is 17.1 Å². The van der Waals surface area contributed by atoms with Crippen molar-refractivity contribution in [2.24, 2.45) is 0 Å². The van der Waals surface area contributed by atoms with Crippen molar-refractivity contribution in [2.45, 2.75) is 38.1 Å². The van der Waals surface area contributed by atoms with Gasteiger partial charge < -0.3 is 9.30 Å². The van der Waals surface area contributed by atoms with Gasteiger partial charge in [0.05, 0.1) is 18.1 Å². The van der Waals surface area contributed by atoms with E-state index in [-0.39, 0.29) is 12.4 Å². The highest BCUT2D eigenvalue weighted by Crippen LogP contribution is 2.38. The molecule has 0 unspecified atom stereocenters. The van der Waals surface area contributed by atoms with Crippen molar-refractivity contribution in [2.75, 3.05) is 7.11 Å². The number of nitrogens with zero attached hydrogens (tertiary/aromatic N) is 2. The summed E-state index contributed by atoms with van der Waals surface area (Å²) in [5.41, 5.74) is 3.53. The van der Waals surface area contributed by atoms with E-state index in [1.54, 1.807) is 7.11 Å². The molecule has 1 aromatic heterocycles. The lowest BCUT2D eigenvalue weighted by molar-refractivity contribution is 0.362. The quantitative estimate of drug-likeness (QED) is 0.383. The molecule has 1 heterocycles. The minimum absolute atomic E-state index is 0. The Balaban J connectivity index is 0.00000192. The van der Waals surface area contributed by atoms with Crippen molar-refractivity contribution in [1.82, 2.24) is 9.55 Å². The molecule has 3 aromatic carbocycles. The molecule has 0 N–H and O–H groups in total. The van der Waals surface area contributed by atoms with E-state index in [0.717, 1.165) is 22.7 Å². The summed E-state index contributed by atoms with van der Waals surface area (Å²) in [6.45, 7) is 0. The third-order valence-electron chi connectivity index (χ3n) is 5.87. The van der Waals surface area contributed by atoms with Crippen LogP contribution in [0.25, 0.3) is 33.2 Å². The Morgan fingerprint density at radius 1 is 0.893 bits per heavy atom. The predicted molar refractivity (Wildman–Crippen MR) is 119 cm³/mol. The van der Waals surface area contributed by atoms with E-state index in [1.165, 1.54) is 48.4 Å². The lowest BCUT2D eigenvalue weighted by Gasteiger charge is -2.25. The zero-order valence-electron chi connectivity index (χ0n) is 16.1. The molecule has 1 fully saturated rings. The minimum atomic E-state index is 0. The van der Waals surface area contributed by atoms with Gasteiger partial charge in [0.2, 0.25) is 0 Å².